The molecule has 0 radical (unpaired) electrons. The molecule has 49 heavy (non-hydrogen) atoms. The van der Waals surface area contributed by atoms with E-state index in [1.807, 2.05) is 58.0 Å². The topological polar surface area (TPSA) is 191 Å². The number of carbonyl (C=O) groups is 2. The molecule has 4 rings (SSSR count). The van der Waals surface area contributed by atoms with Crippen molar-refractivity contribution in [1.82, 2.24) is 29.9 Å². The van der Waals surface area contributed by atoms with E-state index in [9.17, 15) is 14.2 Å². The number of hydrogen-bond donors (Lipinski definition) is 3. The number of hydrogen-bond acceptors (Lipinski definition) is 13. The van der Waals surface area contributed by atoms with Gasteiger partial charge < -0.3 is 25.3 Å². The van der Waals surface area contributed by atoms with Crippen LogP contribution in [0.5, 0.6) is 5.88 Å². The average molecular weight is 722 g/mol. The van der Waals surface area contributed by atoms with Gasteiger partial charge in [-0.3, -0.25) is 18.4 Å². The number of benzene rings is 1. The first-order valence-corrected chi connectivity index (χ1v) is 18.9. The SMILES string of the molecule is CCOc1nc(N)nc2c1ncn2[C@@H]1O[C@H](COP(=O)(NCc2ccccc2)OCCSC(=O)C(C)(C)CCNC(=O)OC(C)C)C[C@@H]1C. The van der Waals surface area contributed by atoms with Crippen LogP contribution in [0, 0.1) is 11.3 Å². The zero-order valence-electron chi connectivity index (χ0n) is 28.9. The maximum atomic E-state index is 14.0. The van der Waals surface area contributed by atoms with Crippen molar-refractivity contribution in [3.8, 4) is 5.88 Å². The molecule has 0 saturated carbocycles. The third kappa shape index (κ3) is 11.1. The van der Waals surface area contributed by atoms with E-state index in [-0.39, 0.29) is 48.6 Å². The van der Waals surface area contributed by atoms with Gasteiger partial charge in [-0.2, -0.15) is 9.97 Å². The highest BCUT2D eigenvalue weighted by atomic mass is 32.2. The molecule has 1 saturated heterocycles. The zero-order valence-corrected chi connectivity index (χ0v) is 30.6. The van der Waals surface area contributed by atoms with Gasteiger partial charge in [0.25, 0.3) is 0 Å². The highest BCUT2D eigenvalue weighted by Gasteiger charge is 2.37. The number of aromatic nitrogens is 4. The van der Waals surface area contributed by atoms with Crippen molar-refractivity contribution < 1.29 is 37.4 Å². The lowest BCUT2D eigenvalue weighted by molar-refractivity contribution is -0.118. The maximum absolute atomic E-state index is 14.0. The molecule has 4 atom stereocenters. The Hall–Kier alpha value is -3.27. The molecule has 15 nitrogen and oxygen atoms in total. The second-order valence-electron chi connectivity index (χ2n) is 12.6. The van der Waals surface area contributed by atoms with Crippen LogP contribution in [-0.4, -0.2) is 75.1 Å². The number of nitrogens with two attached hydrogens (primary N) is 1. The number of nitrogens with zero attached hydrogens (tertiary/aromatic N) is 4. The molecule has 3 heterocycles. The van der Waals surface area contributed by atoms with E-state index in [4.69, 9.17) is 29.0 Å². The van der Waals surface area contributed by atoms with Gasteiger partial charge in [0.05, 0.1) is 38.4 Å². The van der Waals surface area contributed by atoms with E-state index in [1.165, 1.54) is 0 Å². The standard InChI is InChI=1S/C32H48N7O8PS/c1-7-43-27-25-26(37-30(33)38-27)39(20-35-25)28-22(4)17-24(47-28)19-45-48(42,36-18-23-11-9-8-10-12-23)44-15-16-49-29(40)32(5,6)13-14-34-31(41)46-21(2)3/h8-12,20-22,24,28H,7,13-19H2,1-6H3,(H,34,41)(H,36,42)(H2,33,37,38)/t22-,24-,28+,48?/m0/s1. The normalized spacial score (nSPS) is 19.2. The minimum absolute atomic E-state index is 0.000608. The first-order valence-electron chi connectivity index (χ1n) is 16.4. The Balaban J connectivity index is 1.33. The van der Waals surface area contributed by atoms with Gasteiger partial charge in [-0.05, 0) is 39.2 Å². The molecule has 4 N–H and O–H groups in total. The number of thioether (sulfide) groups is 1. The molecular weight excluding hydrogens is 673 g/mol. The third-order valence-corrected chi connectivity index (χ3v) is 10.4. The Morgan fingerprint density at radius 1 is 1.20 bits per heavy atom. The monoisotopic (exact) mass is 721 g/mol. The highest BCUT2D eigenvalue weighted by molar-refractivity contribution is 8.13. The van der Waals surface area contributed by atoms with Crippen LogP contribution in [0.3, 0.4) is 0 Å². The summed E-state index contributed by atoms with van der Waals surface area (Å²) in [7, 11) is -3.83. The van der Waals surface area contributed by atoms with Gasteiger partial charge in [-0.25, -0.2) is 19.4 Å². The summed E-state index contributed by atoms with van der Waals surface area (Å²) in [4.78, 5) is 37.7. The first-order chi connectivity index (χ1) is 23.3. The van der Waals surface area contributed by atoms with Crippen LogP contribution in [0.15, 0.2) is 36.7 Å². The van der Waals surface area contributed by atoms with Crippen molar-refractivity contribution in [2.75, 3.05) is 37.9 Å². The van der Waals surface area contributed by atoms with Gasteiger partial charge in [-0.15, -0.1) is 0 Å². The molecule has 3 aromatic rings. The average Bonchev–Trinajstić information content (AvgIpc) is 3.64. The highest BCUT2D eigenvalue weighted by Crippen LogP contribution is 2.46. The van der Waals surface area contributed by atoms with Crippen LogP contribution in [0.25, 0.3) is 11.2 Å². The Kier molecular flexibility index (Phi) is 13.8. The van der Waals surface area contributed by atoms with Gasteiger partial charge in [0.1, 0.15) is 6.23 Å². The summed E-state index contributed by atoms with van der Waals surface area (Å²) in [6, 6.07) is 9.48. The smallest absolute Gasteiger partial charge is 0.407 e. The van der Waals surface area contributed by atoms with Crippen LogP contribution in [-0.2, 0) is 34.4 Å². The quantitative estimate of drug-likeness (QED) is 0.111. The van der Waals surface area contributed by atoms with Gasteiger partial charge in [-0.1, -0.05) is 62.9 Å². The Morgan fingerprint density at radius 3 is 2.67 bits per heavy atom. The van der Waals surface area contributed by atoms with Crippen LogP contribution >= 0.6 is 19.5 Å². The Morgan fingerprint density at radius 2 is 1.96 bits per heavy atom. The second-order valence-corrected chi connectivity index (χ2v) is 15.5. The summed E-state index contributed by atoms with van der Waals surface area (Å²) in [5.41, 5.74) is 7.11. The fourth-order valence-corrected chi connectivity index (χ4v) is 7.41. The van der Waals surface area contributed by atoms with E-state index >= 15 is 0 Å². The molecule has 1 aromatic carbocycles. The predicted molar refractivity (Wildman–Crippen MR) is 187 cm³/mol. The minimum atomic E-state index is -3.83. The number of ether oxygens (including phenoxy) is 3. The third-order valence-electron chi connectivity index (χ3n) is 7.66. The molecular formula is C32H48N7O8PS. The van der Waals surface area contributed by atoms with Crippen LogP contribution in [0.4, 0.5) is 10.7 Å². The molecule has 2 aromatic heterocycles. The number of imidazole rings is 1. The van der Waals surface area contributed by atoms with Gasteiger partial charge in [0.2, 0.25) is 11.8 Å². The lowest BCUT2D eigenvalue weighted by atomic mass is 9.91. The number of nitrogen functional groups attached to an aromatic ring is 1. The molecule has 1 fully saturated rings. The fraction of sp³-hybridized carbons (Fsp3) is 0.594. The second kappa shape index (κ2) is 17.6. The number of fused-ring (bicyclic) bond motifs is 1. The number of carbonyl (C=O) groups excluding carboxylic acids is 2. The van der Waals surface area contributed by atoms with Crippen molar-refractivity contribution >= 4 is 47.8 Å². The van der Waals surface area contributed by atoms with E-state index in [0.29, 0.717) is 43.0 Å². The van der Waals surface area contributed by atoms with Crippen LogP contribution < -0.4 is 20.9 Å². The van der Waals surface area contributed by atoms with Gasteiger partial charge >= 0.3 is 13.8 Å². The molecule has 1 amide bonds. The fourth-order valence-electron chi connectivity index (χ4n) is 5.11. The van der Waals surface area contributed by atoms with Crippen molar-refractivity contribution in [3.63, 3.8) is 0 Å². The number of alkyl carbamates (subject to hydrolysis) is 1. The summed E-state index contributed by atoms with van der Waals surface area (Å²) in [5.74, 6) is 0.667. The number of nitrogens with one attached hydrogen (secondary N) is 2. The van der Waals surface area contributed by atoms with E-state index in [1.54, 1.807) is 24.7 Å². The summed E-state index contributed by atoms with van der Waals surface area (Å²) >= 11 is 1.08. The van der Waals surface area contributed by atoms with Gasteiger partial charge in [0.15, 0.2) is 16.3 Å². The molecule has 1 aliphatic rings. The van der Waals surface area contributed by atoms with E-state index in [0.717, 1.165) is 17.3 Å². The molecule has 0 spiro atoms. The largest absolute Gasteiger partial charge is 0.476 e. The minimum Gasteiger partial charge on any atom is -0.476 e. The number of rotatable bonds is 18. The molecule has 0 bridgehead atoms. The van der Waals surface area contributed by atoms with Crippen LogP contribution in [0.2, 0.25) is 0 Å². The van der Waals surface area contributed by atoms with E-state index in [2.05, 4.69) is 25.4 Å². The Labute approximate surface area is 291 Å². The number of anilines is 1. The lowest BCUT2D eigenvalue weighted by Crippen LogP contribution is -2.32. The number of amides is 1. The van der Waals surface area contributed by atoms with Crippen molar-refractivity contribution in [2.24, 2.45) is 11.3 Å². The molecule has 1 aliphatic heterocycles. The zero-order chi connectivity index (χ0) is 35.6. The Bertz CT molecular complexity index is 1590. The summed E-state index contributed by atoms with van der Waals surface area (Å²) < 4.78 is 44.5. The maximum Gasteiger partial charge on any atom is 0.407 e. The van der Waals surface area contributed by atoms with Gasteiger partial charge in [0, 0.05) is 30.2 Å². The molecule has 17 heteroatoms. The van der Waals surface area contributed by atoms with E-state index < -0.39 is 31.6 Å². The van der Waals surface area contributed by atoms with Crippen molar-refractivity contribution in [1.29, 1.82) is 0 Å². The van der Waals surface area contributed by atoms with Crippen LogP contribution in [0.1, 0.15) is 66.2 Å². The summed E-state index contributed by atoms with van der Waals surface area (Å²) in [6.07, 6.45) is 1.09. The molecule has 1 unspecified atom stereocenters. The molecule has 0 aliphatic carbocycles. The molecule has 270 valence electrons. The summed E-state index contributed by atoms with van der Waals surface area (Å²) in [5, 5.41) is 5.55. The predicted octanol–water partition coefficient (Wildman–Crippen LogP) is 5.47. The lowest BCUT2D eigenvalue weighted by Gasteiger charge is -2.23. The first kappa shape index (κ1) is 38.5. The summed E-state index contributed by atoms with van der Waals surface area (Å²) in [6.45, 7) is 12.0. The van der Waals surface area contributed by atoms with Crippen molar-refractivity contribution in [2.45, 2.75) is 79.4 Å². The van der Waals surface area contributed by atoms with Crippen molar-refractivity contribution in [3.05, 3.63) is 42.2 Å².